The maximum absolute atomic E-state index is 13.0. The van der Waals surface area contributed by atoms with Crippen molar-refractivity contribution in [2.75, 3.05) is 4.72 Å². The van der Waals surface area contributed by atoms with Crippen LogP contribution in [0.1, 0.15) is 22.4 Å². The molecule has 156 valence electrons. The molecule has 1 heterocycles. The van der Waals surface area contributed by atoms with Gasteiger partial charge in [0.25, 0.3) is 10.0 Å². The predicted octanol–water partition coefficient (Wildman–Crippen LogP) is 5.62. The largest absolute Gasteiger partial charge is 0.416 e. The standard InChI is InChI=1S/C18H14F6N2O2S/c1-9-10(2)25-16-14(9)4-3-5-15(16)26-29(27,28)13-7-11(17(19,20)21)6-12(8-13)18(22,23)24/h3-8,25-26H,1-2H3. The Bertz CT molecular complexity index is 1160. The van der Waals surface area contributed by atoms with E-state index in [4.69, 9.17) is 0 Å². The Morgan fingerprint density at radius 3 is 1.97 bits per heavy atom. The Balaban J connectivity index is 2.14. The van der Waals surface area contributed by atoms with Crippen molar-refractivity contribution < 1.29 is 34.8 Å². The Labute approximate surface area is 161 Å². The molecule has 0 radical (unpaired) electrons. The normalized spacial score (nSPS) is 13.1. The Morgan fingerprint density at radius 1 is 0.897 bits per heavy atom. The molecule has 0 spiro atoms. The fourth-order valence-corrected chi connectivity index (χ4v) is 3.99. The maximum Gasteiger partial charge on any atom is 0.416 e. The van der Waals surface area contributed by atoms with Gasteiger partial charge in [-0.2, -0.15) is 26.3 Å². The van der Waals surface area contributed by atoms with Crippen molar-refractivity contribution >= 4 is 26.6 Å². The molecule has 29 heavy (non-hydrogen) atoms. The summed E-state index contributed by atoms with van der Waals surface area (Å²) in [6.07, 6.45) is -10.3. The van der Waals surface area contributed by atoms with Gasteiger partial charge in [0.15, 0.2) is 0 Å². The van der Waals surface area contributed by atoms with Gasteiger partial charge in [-0.3, -0.25) is 4.72 Å². The van der Waals surface area contributed by atoms with Gasteiger partial charge in [-0.1, -0.05) is 12.1 Å². The van der Waals surface area contributed by atoms with Crippen LogP contribution in [0.15, 0.2) is 41.3 Å². The predicted molar refractivity (Wildman–Crippen MR) is 95.0 cm³/mol. The summed E-state index contributed by atoms with van der Waals surface area (Å²) in [6.45, 7) is 3.53. The number of benzene rings is 2. The highest BCUT2D eigenvalue weighted by molar-refractivity contribution is 7.92. The molecule has 0 amide bonds. The highest BCUT2D eigenvalue weighted by Crippen LogP contribution is 2.38. The fourth-order valence-electron chi connectivity index (χ4n) is 2.85. The number of halogens is 6. The zero-order chi connectivity index (χ0) is 21.8. The first-order valence-corrected chi connectivity index (χ1v) is 9.58. The molecule has 0 atom stereocenters. The van der Waals surface area contributed by atoms with Crippen LogP contribution in [0.4, 0.5) is 32.0 Å². The van der Waals surface area contributed by atoms with Crippen molar-refractivity contribution in [3.05, 3.63) is 58.8 Å². The van der Waals surface area contributed by atoms with Crippen molar-refractivity contribution in [1.82, 2.24) is 4.98 Å². The third kappa shape index (κ3) is 4.04. The second-order valence-electron chi connectivity index (χ2n) is 6.45. The van der Waals surface area contributed by atoms with Gasteiger partial charge in [0.1, 0.15) is 0 Å². The van der Waals surface area contributed by atoms with Crippen molar-refractivity contribution in [3.63, 3.8) is 0 Å². The zero-order valence-electron chi connectivity index (χ0n) is 15.0. The lowest BCUT2D eigenvalue weighted by molar-refractivity contribution is -0.143. The van der Waals surface area contributed by atoms with E-state index in [9.17, 15) is 34.8 Å². The number of rotatable bonds is 3. The van der Waals surface area contributed by atoms with E-state index in [1.54, 1.807) is 19.9 Å². The summed E-state index contributed by atoms with van der Waals surface area (Å²) in [5, 5.41) is 0.669. The van der Waals surface area contributed by atoms with E-state index >= 15 is 0 Å². The number of fused-ring (bicyclic) bond motifs is 1. The van der Waals surface area contributed by atoms with Gasteiger partial charge >= 0.3 is 12.4 Å². The smallest absolute Gasteiger partial charge is 0.357 e. The number of H-pyrrole nitrogens is 1. The van der Waals surface area contributed by atoms with E-state index in [2.05, 4.69) is 9.71 Å². The molecule has 3 rings (SSSR count). The van der Waals surface area contributed by atoms with Gasteiger partial charge < -0.3 is 4.98 Å². The number of hydrogen-bond donors (Lipinski definition) is 2. The van der Waals surface area contributed by atoms with E-state index in [0.717, 1.165) is 11.3 Å². The van der Waals surface area contributed by atoms with E-state index in [0.29, 0.717) is 10.9 Å². The molecule has 3 aromatic rings. The molecule has 0 aliphatic rings. The first-order chi connectivity index (χ1) is 13.2. The molecule has 0 aliphatic carbocycles. The highest BCUT2D eigenvalue weighted by atomic mass is 32.2. The average molecular weight is 436 g/mol. The lowest BCUT2D eigenvalue weighted by atomic mass is 10.1. The first-order valence-electron chi connectivity index (χ1n) is 8.10. The number of sulfonamides is 1. The van der Waals surface area contributed by atoms with Gasteiger partial charge in [-0.15, -0.1) is 0 Å². The van der Waals surface area contributed by atoms with Gasteiger partial charge in [0.2, 0.25) is 0 Å². The molecule has 0 aliphatic heterocycles. The summed E-state index contributed by atoms with van der Waals surface area (Å²) < 4.78 is 105. The number of aromatic amines is 1. The summed E-state index contributed by atoms with van der Waals surface area (Å²) in [7, 11) is -4.74. The first kappa shape index (κ1) is 21.0. The van der Waals surface area contributed by atoms with Crippen LogP contribution in [0, 0.1) is 13.8 Å². The molecule has 1 aromatic heterocycles. The number of aryl methyl sites for hydroxylation is 2. The van der Waals surface area contributed by atoms with E-state index in [1.807, 2.05) is 0 Å². The van der Waals surface area contributed by atoms with E-state index < -0.39 is 38.4 Å². The minimum absolute atomic E-state index is 0.00432. The quantitative estimate of drug-likeness (QED) is 0.524. The number of aromatic nitrogens is 1. The van der Waals surface area contributed by atoms with Crippen LogP contribution < -0.4 is 4.72 Å². The monoisotopic (exact) mass is 436 g/mol. The van der Waals surface area contributed by atoms with Gasteiger partial charge in [0.05, 0.1) is 27.2 Å². The molecule has 0 fully saturated rings. The fraction of sp³-hybridized carbons (Fsp3) is 0.222. The molecule has 4 nitrogen and oxygen atoms in total. The Kier molecular flexibility index (Phi) is 4.85. The molecular weight excluding hydrogens is 422 g/mol. The number of nitrogens with one attached hydrogen (secondary N) is 2. The second kappa shape index (κ2) is 6.68. The number of para-hydroxylation sites is 1. The molecule has 0 saturated carbocycles. The Hall–Kier alpha value is -2.69. The molecule has 11 heteroatoms. The summed E-state index contributed by atoms with van der Waals surface area (Å²) >= 11 is 0. The van der Waals surface area contributed by atoms with Crippen molar-refractivity contribution in [2.24, 2.45) is 0 Å². The maximum atomic E-state index is 13.0. The third-order valence-electron chi connectivity index (χ3n) is 4.46. The summed E-state index contributed by atoms with van der Waals surface area (Å²) in [6, 6.07) is 4.79. The topological polar surface area (TPSA) is 62.0 Å². The number of anilines is 1. The molecule has 0 saturated heterocycles. The van der Waals surface area contributed by atoms with Crippen LogP contribution in [0.3, 0.4) is 0 Å². The van der Waals surface area contributed by atoms with Crippen LogP contribution in [0.25, 0.3) is 10.9 Å². The zero-order valence-corrected chi connectivity index (χ0v) is 15.8. The Morgan fingerprint density at radius 2 is 1.45 bits per heavy atom. The van der Waals surface area contributed by atoms with Crippen molar-refractivity contribution in [2.45, 2.75) is 31.1 Å². The van der Waals surface area contributed by atoms with Gasteiger partial charge in [-0.25, -0.2) is 8.42 Å². The minimum atomic E-state index is -5.15. The van der Waals surface area contributed by atoms with Crippen LogP contribution in [0.5, 0.6) is 0 Å². The molecular formula is C18H14F6N2O2S. The third-order valence-corrected chi connectivity index (χ3v) is 5.80. The van der Waals surface area contributed by atoms with E-state index in [-0.39, 0.29) is 23.9 Å². The SMILES string of the molecule is Cc1[nH]c2c(NS(=O)(=O)c3cc(C(F)(F)F)cc(C(F)(F)F)c3)cccc2c1C. The molecule has 0 bridgehead atoms. The van der Waals surface area contributed by atoms with Crippen LogP contribution >= 0.6 is 0 Å². The van der Waals surface area contributed by atoms with Gasteiger partial charge in [0, 0.05) is 11.1 Å². The lowest BCUT2D eigenvalue weighted by Crippen LogP contribution is -2.17. The minimum Gasteiger partial charge on any atom is -0.357 e. The number of hydrogen-bond acceptors (Lipinski definition) is 2. The summed E-state index contributed by atoms with van der Waals surface area (Å²) in [5.74, 6) is 0. The van der Waals surface area contributed by atoms with Crippen molar-refractivity contribution in [3.8, 4) is 0 Å². The average Bonchev–Trinajstić information content (AvgIpc) is 2.89. The second-order valence-corrected chi connectivity index (χ2v) is 8.13. The van der Waals surface area contributed by atoms with Crippen LogP contribution in [-0.4, -0.2) is 13.4 Å². The van der Waals surface area contributed by atoms with Crippen molar-refractivity contribution in [1.29, 1.82) is 0 Å². The lowest BCUT2D eigenvalue weighted by Gasteiger charge is -2.15. The van der Waals surface area contributed by atoms with Crippen LogP contribution in [0.2, 0.25) is 0 Å². The molecule has 2 aromatic carbocycles. The highest BCUT2D eigenvalue weighted by Gasteiger charge is 2.38. The molecule has 0 unspecified atom stereocenters. The summed E-state index contributed by atoms with van der Waals surface area (Å²) in [5.41, 5.74) is -1.47. The van der Waals surface area contributed by atoms with Gasteiger partial charge in [-0.05, 0) is 43.7 Å². The molecule has 2 N–H and O–H groups in total. The van der Waals surface area contributed by atoms with E-state index in [1.165, 1.54) is 12.1 Å². The number of alkyl halides is 6. The summed E-state index contributed by atoms with van der Waals surface area (Å²) in [4.78, 5) is 1.81. The van der Waals surface area contributed by atoms with Crippen LogP contribution in [-0.2, 0) is 22.4 Å².